The van der Waals surface area contributed by atoms with Gasteiger partial charge in [-0.25, -0.2) is 4.39 Å². The largest absolute Gasteiger partial charge is 0.488 e. The van der Waals surface area contributed by atoms with Gasteiger partial charge in [-0.3, -0.25) is 9.69 Å². The Morgan fingerprint density at radius 3 is 2.57 bits per heavy atom. The number of fused-ring (bicyclic) bond motifs is 1. The molecule has 6 nitrogen and oxygen atoms in total. The molecule has 238 valence electrons. The van der Waals surface area contributed by atoms with Gasteiger partial charge in [-0.15, -0.1) is 0 Å². The lowest BCUT2D eigenvalue weighted by atomic mass is 9.84. The molecule has 1 aliphatic carbocycles. The van der Waals surface area contributed by atoms with Crippen LogP contribution in [-0.2, 0) is 28.5 Å². The van der Waals surface area contributed by atoms with Gasteiger partial charge in [0.25, 0.3) is 0 Å². The number of hydrogen-bond donors (Lipinski definition) is 0. The number of nitriles is 1. The van der Waals surface area contributed by atoms with Crippen molar-refractivity contribution in [3.63, 3.8) is 0 Å². The molecular formula is C34H41F4N3O3. The van der Waals surface area contributed by atoms with Crippen molar-refractivity contribution in [2.24, 2.45) is 5.92 Å². The van der Waals surface area contributed by atoms with Gasteiger partial charge in [-0.1, -0.05) is 12.5 Å². The SMILES string of the molecule is C[C@@H]1CN(CC2Cc3cc(F)ccc3O2)[C@@H](C)CN1C(=O)COC1CCC(CCCc2ccc(C#N)c(C(F)(F)F)c2)CC1. The van der Waals surface area contributed by atoms with Gasteiger partial charge in [0.05, 0.1) is 23.3 Å². The van der Waals surface area contributed by atoms with Crippen molar-refractivity contribution in [3.05, 3.63) is 64.5 Å². The molecule has 1 saturated heterocycles. The number of benzene rings is 2. The maximum Gasteiger partial charge on any atom is 0.417 e. The highest BCUT2D eigenvalue weighted by molar-refractivity contribution is 5.78. The zero-order valence-corrected chi connectivity index (χ0v) is 25.4. The summed E-state index contributed by atoms with van der Waals surface area (Å²) in [6.45, 7) is 6.33. The minimum Gasteiger partial charge on any atom is -0.488 e. The van der Waals surface area contributed by atoms with Crippen molar-refractivity contribution in [1.29, 1.82) is 5.26 Å². The van der Waals surface area contributed by atoms with E-state index in [1.54, 1.807) is 24.3 Å². The molecule has 3 atom stereocenters. The summed E-state index contributed by atoms with van der Waals surface area (Å²) < 4.78 is 65.4. The van der Waals surface area contributed by atoms with Crippen LogP contribution >= 0.6 is 0 Å². The van der Waals surface area contributed by atoms with Crippen molar-refractivity contribution in [3.8, 4) is 11.8 Å². The first-order chi connectivity index (χ1) is 21.0. The van der Waals surface area contributed by atoms with Crippen LogP contribution in [0.4, 0.5) is 17.6 Å². The van der Waals surface area contributed by atoms with E-state index in [1.807, 2.05) is 4.90 Å². The molecule has 10 heteroatoms. The van der Waals surface area contributed by atoms with E-state index in [1.165, 1.54) is 12.1 Å². The maximum atomic E-state index is 13.6. The molecule has 0 N–H and O–H groups in total. The summed E-state index contributed by atoms with van der Waals surface area (Å²) in [7, 11) is 0. The van der Waals surface area contributed by atoms with Gasteiger partial charge in [0.1, 0.15) is 24.3 Å². The number of hydrogen-bond acceptors (Lipinski definition) is 5. The van der Waals surface area contributed by atoms with E-state index in [-0.39, 0.29) is 48.2 Å². The molecule has 0 bridgehead atoms. The Hall–Kier alpha value is -3.16. The molecule has 1 saturated carbocycles. The molecule has 5 rings (SSSR count). The molecule has 2 aromatic carbocycles. The second-order valence-electron chi connectivity index (χ2n) is 12.7. The zero-order chi connectivity index (χ0) is 31.4. The number of nitrogens with zero attached hydrogens (tertiary/aromatic N) is 3. The summed E-state index contributed by atoms with van der Waals surface area (Å²) in [5.74, 6) is 1.01. The van der Waals surface area contributed by atoms with Crippen LogP contribution in [0.1, 0.15) is 74.6 Å². The summed E-state index contributed by atoms with van der Waals surface area (Å²) >= 11 is 0. The van der Waals surface area contributed by atoms with Crippen LogP contribution in [0.3, 0.4) is 0 Å². The van der Waals surface area contributed by atoms with Crippen LogP contribution in [0.2, 0.25) is 0 Å². The molecule has 2 aliphatic heterocycles. The van der Waals surface area contributed by atoms with Crippen LogP contribution < -0.4 is 4.74 Å². The fourth-order valence-corrected chi connectivity index (χ4v) is 6.99. The molecule has 44 heavy (non-hydrogen) atoms. The third kappa shape index (κ3) is 7.91. The lowest BCUT2D eigenvalue weighted by molar-refractivity contribution is -0.145. The molecule has 3 aliphatic rings. The number of ether oxygens (including phenoxy) is 2. The van der Waals surface area contributed by atoms with Gasteiger partial charge in [0.15, 0.2) is 0 Å². The number of halogens is 4. The zero-order valence-electron chi connectivity index (χ0n) is 25.4. The van der Waals surface area contributed by atoms with Crippen LogP contribution in [0.25, 0.3) is 0 Å². The average molecular weight is 616 g/mol. The van der Waals surface area contributed by atoms with Gasteiger partial charge in [-0.05, 0) is 94.2 Å². The number of piperazine rings is 1. The minimum absolute atomic E-state index is 0.00626. The average Bonchev–Trinajstić information content (AvgIpc) is 3.39. The Kier molecular flexibility index (Phi) is 10.2. The summed E-state index contributed by atoms with van der Waals surface area (Å²) in [6, 6.07) is 10.5. The maximum absolute atomic E-state index is 13.6. The van der Waals surface area contributed by atoms with Crippen molar-refractivity contribution < 1.29 is 31.8 Å². The summed E-state index contributed by atoms with van der Waals surface area (Å²) in [6.07, 6.45) is 2.14. The third-order valence-electron chi connectivity index (χ3n) is 9.46. The predicted molar refractivity (Wildman–Crippen MR) is 158 cm³/mol. The van der Waals surface area contributed by atoms with E-state index in [9.17, 15) is 22.4 Å². The summed E-state index contributed by atoms with van der Waals surface area (Å²) in [4.78, 5) is 17.4. The standard InChI is InChI=1S/C34H41F4N3O3/c1-22-19-41(23(2)18-40(22)20-30-16-27-15-28(35)10-13-32(27)44-30)33(42)21-43-29-11-7-24(8-12-29)4-3-5-25-6-9-26(17-39)31(14-25)34(36,37)38/h6,9-10,13-15,22-24,29-30H,3-5,7-8,11-12,16,18-21H2,1-2H3/t22-,23+,24?,29?,30?/m0/s1. The van der Waals surface area contributed by atoms with Gasteiger partial charge in [-0.2, -0.15) is 18.4 Å². The van der Waals surface area contributed by atoms with Crippen molar-refractivity contribution in [2.45, 2.75) is 95.7 Å². The predicted octanol–water partition coefficient (Wildman–Crippen LogP) is 6.54. The normalized spacial score (nSPS) is 25.8. The molecule has 2 heterocycles. The quantitative estimate of drug-likeness (QED) is 0.300. The van der Waals surface area contributed by atoms with Crippen LogP contribution in [0, 0.1) is 23.1 Å². The monoisotopic (exact) mass is 615 g/mol. The van der Waals surface area contributed by atoms with E-state index in [0.29, 0.717) is 30.9 Å². The summed E-state index contributed by atoms with van der Waals surface area (Å²) in [5.41, 5.74) is 0.302. The highest BCUT2D eigenvalue weighted by Gasteiger charge is 2.36. The third-order valence-corrected chi connectivity index (χ3v) is 9.46. The van der Waals surface area contributed by atoms with E-state index in [4.69, 9.17) is 14.7 Å². The first-order valence-corrected chi connectivity index (χ1v) is 15.7. The van der Waals surface area contributed by atoms with E-state index in [2.05, 4.69) is 18.7 Å². The first kappa shape index (κ1) is 32.2. The highest BCUT2D eigenvalue weighted by atomic mass is 19.4. The Labute approximate surface area is 256 Å². The van der Waals surface area contributed by atoms with Gasteiger partial charge in [0, 0.05) is 43.7 Å². The van der Waals surface area contributed by atoms with E-state index in [0.717, 1.165) is 69.0 Å². The lowest BCUT2D eigenvalue weighted by Crippen LogP contribution is -2.60. The topological polar surface area (TPSA) is 65.8 Å². The minimum atomic E-state index is -4.53. The number of alkyl halides is 3. The van der Waals surface area contributed by atoms with E-state index >= 15 is 0 Å². The Bertz CT molecular complexity index is 1350. The smallest absolute Gasteiger partial charge is 0.417 e. The molecule has 1 amide bonds. The number of aryl methyl sites for hydroxylation is 1. The second kappa shape index (κ2) is 13.9. The fraction of sp³-hybridized carbons (Fsp3) is 0.588. The summed E-state index contributed by atoms with van der Waals surface area (Å²) in [5, 5.41) is 8.99. The number of rotatable bonds is 9. The molecule has 2 aromatic rings. The molecule has 1 unspecified atom stereocenters. The Balaban J connectivity index is 0.997. The molecule has 2 fully saturated rings. The molecule has 0 aromatic heterocycles. The highest BCUT2D eigenvalue weighted by Crippen LogP contribution is 2.34. The number of carbonyl (C=O) groups is 1. The molecule has 0 spiro atoms. The van der Waals surface area contributed by atoms with Crippen LogP contribution in [0.5, 0.6) is 5.75 Å². The van der Waals surface area contributed by atoms with E-state index < -0.39 is 11.7 Å². The van der Waals surface area contributed by atoms with Gasteiger partial charge in [0.2, 0.25) is 5.91 Å². The lowest BCUT2D eigenvalue weighted by Gasteiger charge is -2.44. The molecular weight excluding hydrogens is 574 g/mol. The van der Waals surface area contributed by atoms with Gasteiger partial charge >= 0.3 is 6.18 Å². The van der Waals surface area contributed by atoms with Crippen LogP contribution in [-0.4, -0.2) is 66.2 Å². The Morgan fingerprint density at radius 1 is 1.07 bits per heavy atom. The van der Waals surface area contributed by atoms with Crippen LogP contribution in [0.15, 0.2) is 36.4 Å². The van der Waals surface area contributed by atoms with Crippen molar-refractivity contribution >= 4 is 5.91 Å². The second-order valence-corrected chi connectivity index (χ2v) is 12.7. The molecule has 0 radical (unpaired) electrons. The Morgan fingerprint density at radius 2 is 1.84 bits per heavy atom. The van der Waals surface area contributed by atoms with Crippen molar-refractivity contribution in [2.75, 3.05) is 26.2 Å². The number of carbonyl (C=O) groups excluding carboxylic acids is 1. The number of amides is 1. The fourth-order valence-electron chi connectivity index (χ4n) is 6.99. The first-order valence-electron chi connectivity index (χ1n) is 15.7. The van der Waals surface area contributed by atoms with Gasteiger partial charge < -0.3 is 14.4 Å². The van der Waals surface area contributed by atoms with Crippen molar-refractivity contribution in [1.82, 2.24) is 9.80 Å².